The molecule has 1 aliphatic heterocycles. The fraction of sp³-hybridized carbons (Fsp3) is 0.522. The van der Waals surface area contributed by atoms with Gasteiger partial charge in [-0.05, 0) is 49.1 Å². The Balaban J connectivity index is 1.56. The van der Waals surface area contributed by atoms with Crippen molar-refractivity contribution in [3.8, 4) is 11.5 Å². The van der Waals surface area contributed by atoms with Crippen LogP contribution in [0.1, 0.15) is 36.1 Å². The molecule has 0 spiro atoms. The van der Waals surface area contributed by atoms with Gasteiger partial charge >= 0.3 is 0 Å². The summed E-state index contributed by atoms with van der Waals surface area (Å²) in [5.74, 6) is 1.95. The Labute approximate surface area is 167 Å². The highest BCUT2D eigenvalue weighted by molar-refractivity contribution is 5.43. The summed E-state index contributed by atoms with van der Waals surface area (Å²) in [6.45, 7) is 4.69. The van der Waals surface area contributed by atoms with Crippen molar-refractivity contribution in [2.24, 2.45) is 11.8 Å². The number of likely N-dealkylation sites (tertiary alicyclic amines) is 1. The first-order valence-electron chi connectivity index (χ1n) is 10.1. The molecule has 150 valence electrons. The molecule has 1 aromatic heterocycles. The summed E-state index contributed by atoms with van der Waals surface area (Å²) in [7, 11) is 3.33. The molecular weight excluding hydrogens is 352 g/mol. The van der Waals surface area contributed by atoms with E-state index in [1.807, 2.05) is 18.3 Å². The lowest BCUT2D eigenvalue weighted by Crippen LogP contribution is -2.58. The standard InChI is InChI=1S/C23H30N2O3/c1-16-6-5-11-24-22(16)23(26)18-7-4-8-19(23)15-25(14-18)13-17-9-10-20(27-2)21(12-17)28-3/h5-6,9-12,18-19,26H,4,7-8,13-15H2,1-3H3/t18-,19+,23?. The van der Waals surface area contributed by atoms with Crippen LogP contribution in [-0.2, 0) is 12.1 Å². The van der Waals surface area contributed by atoms with Crippen LogP contribution >= 0.6 is 0 Å². The van der Waals surface area contributed by atoms with E-state index in [1.54, 1.807) is 14.2 Å². The van der Waals surface area contributed by atoms with Crippen LogP contribution in [0.3, 0.4) is 0 Å². The molecule has 1 N–H and O–H groups in total. The number of methoxy groups -OCH3 is 2. The van der Waals surface area contributed by atoms with E-state index in [9.17, 15) is 5.11 Å². The zero-order chi connectivity index (χ0) is 19.7. The maximum Gasteiger partial charge on any atom is 0.161 e. The van der Waals surface area contributed by atoms with Crippen LogP contribution in [0.15, 0.2) is 36.5 Å². The van der Waals surface area contributed by atoms with Gasteiger partial charge in [0.05, 0.1) is 19.9 Å². The Hall–Kier alpha value is -2.11. The lowest BCUT2D eigenvalue weighted by molar-refractivity contribution is -0.151. The Morgan fingerprint density at radius 1 is 1.11 bits per heavy atom. The summed E-state index contributed by atoms with van der Waals surface area (Å²) in [6, 6.07) is 10.1. The SMILES string of the molecule is COc1ccc(CN2C[C@H]3CCC[C@@H](C2)C3(O)c2ncccc2C)cc1OC. The van der Waals surface area contributed by atoms with Crippen molar-refractivity contribution in [1.29, 1.82) is 0 Å². The minimum atomic E-state index is -0.808. The van der Waals surface area contributed by atoms with Crippen LogP contribution in [0.4, 0.5) is 0 Å². The molecule has 2 heterocycles. The number of nitrogens with zero attached hydrogens (tertiary/aromatic N) is 2. The minimum absolute atomic E-state index is 0.216. The molecule has 1 aromatic carbocycles. The first kappa shape index (κ1) is 19.2. The quantitative estimate of drug-likeness (QED) is 0.857. The lowest BCUT2D eigenvalue weighted by atomic mass is 9.63. The molecule has 1 unspecified atom stereocenters. The molecule has 5 heteroatoms. The molecular formula is C23H30N2O3. The summed E-state index contributed by atoms with van der Waals surface area (Å²) >= 11 is 0. The molecule has 2 aromatic rings. The van der Waals surface area contributed by atoms with Gasteiger partial charge in [0, 0.05) is 37.7 Å². The number of aryl methyl sites for hydroxylation is 1. The van der Waals surface area contributed by atoms with Crippen molar-refractivity contribution in [3.63, 3.8) is 0 Å². The van der Waals surface area contributed by atoms with Crippen molar-refractivity contribution < 1.29 is 14.6 Å². The topological polar surface area (TPSA) is 54.8 Å². The van der Waals surface area contributed by atoms with Crippen LogP contribution in [0.5, 0.6) is 11.5 Å². The second kappa shape index (κ2) is 7.72. The van der Waals surface area contributed by atoms with Crippen LogP contribution in [0.25, 0.3) is 0 Å². The number of aromatic nitrogens is 1. The highest BCUT2D eigenvalue weighted by Gasteiger charge is 2.52. The number of aliphatic hydroxyl groups is 1. The molecule has 28 heavy (non-hydrogen) atoms. The Morgan fingerprint density at radius 2 is 1.82 bits per heavy atom. The van der Waals surface area contributed by atoms with E-state index in [1.165, 1.54) is 12.0 Å². The molecule has 0 amide bonds. The average Bonchev–Trinajstić information content (AvgIpc) is 2.69. The summed E-state index contributed by atoms with van der Waals surface area (Å²) in [5.41, 5.74) is 2.37. The van der Waals surface area contributed by atoms with E-state index in [4.69, 9.17) is 9.47 Å². The molecule has 1 saturated heterocycles. The second-order valence-electron chi connectivity index (χ2n) is 8.20. The number of benzene rings is 1. The van der Waals surface area contributed by atoms with E-state index < -0.39 is 5.60 Å². The zero-order valence-electron chi connectivity index (χ0n) is 17.0. The van der Waals surface area contributed by atoms with Crippen LogP contribution in [0, 0.1) is 18.8 Å². The van der Waals surface area contributed by atoms with Crippen molar-refractivity contribution in [1.82, 2.24) is 9.88 Å². The predicted octanol–water partition coefficient (Wildman–Crippen LogP) is 3.53. The predicted molar refractivity (Wildman–Crippen MR) is 109 cm³/mol. The van der Waals surface area contributed by atoms with E-state index in [-0.39, 0.29) is 11.8 Å². The maximum atomic E-state index is 11.8. The van der Waals surface area contributed by atoms with E-state index >= 15 is 0 Å². The van der Waals surface area contributed by atoms with Crippen molar-refractivity contribution in [2.75, 3.05) is 27.3 Å². The van der Waals surface area contributed by atoms with Gasteiger partial charge in [-0.25, -0.2) is 0 Å². The third kappa shape index (κ3) is 3.27. The molecule has 1 aliphatic carbocycles. The number of hydrogen-bond donors (Lipinski definition) is 1. The maximum absolute atomic E-state index is 11.8. The average molecular weight is 383 g/mol. The van der Waals surface area contributed by atoms with Gasteiger partial charge in [-0.15, -0.1) is 0 Å². The largest absolute Gasteiger partial charge is 0.493 e. The van der Waals surface area contributed by atoms with Gasteiger partial charge in [0.2, 0.25) is 0 Å². The molecule has 1 saturated carbocycles. The van der Waals surface area contributed by atoms with Gasteiger partial charge in [-0.2, -0.15) is 0 Å². The fourth-order valence-corrected chi connectivity index (χ4v) is 5.20. The number of pyridine rings is 1. The van der Waals surface area contributed by atoms with Gasteiger partial charge in [0.15, 0.2) is 11.5 Å². The van der Waals surface area contributed by atoms with E-state index in [2.05, 4.69) is 35.0 Å². The molecule has 3 atom stereocenters. The fourth-order valence-electron chi connectivity index (χ4n) is 5.20. The lowest BCUT2D eigenvalue weighted by Gasteiger charge is -2.53. The Morgan fingerprint density at radius 3 is 2.46 bits per heavy atom. The summed E-state index contributed by atoms with van der Waals surface area (Å²) in [6.07, 6.45) is 5.09. The van der Waals surface area contributed by atoms with Gasteiger partial charge in [-0.3, -0.25) is 9.88 Å². The number of hydrogen-bond acceptors (Lipinski definition) is 5. The van der Waals surface area contributed by atoms with Crippen LogP contribution < -0.4 is 9.47 Å². The molecule has 5 nitrogen and oxygen atoms in total. The Bertz CT molecular complexity index is 824. The second-order valence-corrected chi connectivity index (χ2v) is 8.20. The normalized spacial score (nSPS) is 27.4. The third-order valence-corrected chi connectivity index (χ3v) is 6.55. The first-order valence-corrected chi connectivity index (χ1v) is 10.1. The van der Waals surface area contributed by atoms with E-state index in [0.717, 1.165) is 55.2 Å². The number of fused-ring (bicyclic) bond motifs is 2. The van der Waals surface area contributed by atoms with Crippen molar-refractivity contribution in [2.45, 2.75) is 38.3 Å². The molecule has 2 bridgehead atoms. The first-order chi connectivity index (χ1) is 13.6. The van der Waals surface area contributed by atoms with Crippen molar-refractivity contribution >= 4 is 0 Å². The monoisotopic (exact) mass is 382 g/mol. The van der Waals surface area contributed by atoms with Gasteiger partial charge in [0.25, 0.3) is 0 Å². The summed E-state index contributed by atoms with van der Waals surface area (Å²) in [5, 5.41) is 11.8. The molecule has 2 fully saturated rings. The van der Waals surface area contributed by atoms with Gasteiger partial charge in [0.1, 0.15) is 5.60 Å². The summed E-state index contributed by atoms with van der Waals surface area (Å²) in [4.78, 5) is 7.08. The van der Waals surface area contributed by atoms with Crippen LogP contribution in [-0.4, -0.2) is 42.3 Å². The Kier molecular flexibility index (Phi) is 5.30. The van der Waals surface area contributed by atoms with Crippen molar-refractivity contribution in [3.05, 3.63) is 53.3 Å². The number of piperidine rings is 1. The highest BCUT2D eigenvalue weighted by atomic mass is 16.5. The molecule has 4 rings (SSSR count). The van der Waals surface area contributed by atoms with Crippen LogP contribution in [0.2, 0.25) is 0 Å². The highest BCUT2D eigenvalue weighted by Crippen LogP contribution is 2.49. The zero-order valence-corrected chi connectivity index (χ0v) is 17.0. The number of ether oxygens (including phenoxy) is 2. The number of rotatable bonds is 5. The third-order valence-electron chi connectivity index (χ3n) is 6.55. The molecule has 2 aliphatic rings. The van der Waals surface area contributed by atoms with E-state index in [0.29, 0.717) is 0 Å². The molecule has 0 radical (unpaired) electrons. The minimum Gasteiger partial charge on any atom is -0.493 e. The van der Waals surface area contributed by atoms with Gasteiger partial charge in [-0.1, -0.05) is 18.6 Å². The van der Waals surface area contributed by atoms with Gasteiger partial charge < -0.3 is 14.6 Å². The summed E-state index contributed by atoms with van der Waals surface area (Å²) < 4.78 is 10.8. The smallest absolute Gasteiger partial charge is 0.161 e.